The average molecular weight is 280 g/mol. The summed E-state index contributed by atoms with van der Waals surface area (Å²) >= 11 is 7.56. The molecule has 0 saturated carbocycles. The number of halogens is 2. The minimum Gasteiger partial charge on any atom is -0.249 e. The van der Waals surface area contributed by atoms with Crippen molar-refractivity contribution in [2.24, 2.45) is 0 Å². The van der Waals surface area contributed by atoms with Crippen LogP contribution in [0.15, 0.2) is 24.4 Å². The fraction of sp³-hybridized carbons (Fsp3) is 0.0833. The first-order chi connectivity index (χ1) is 8.63. The predicted molar refractivity (Wildman–Crippen MR) is 70.4 cm³/mol. The molecule has 1 aromatic carbocycles. The Hall–Kier alpha value is -1.59. The smallest absolute Gasteiger partial charge is 0.173 e. The lowest BCUT2D eigenvalue weighted by atomic mass is 10.2. The summed E-state index contributed by atoms with van der Waals surface area (Å²) in [5.41, 5.74) is 0.496. The van der Waals surface area contributed by atoms with E-state index in [9.17, 15) is 4.39 Å². The summed E-state index contributed by atoms with van der Waals surface area (Å²) in [6.45, 7) is 1.90. The number of hydrogen-bond donors (Lipinski definition) is 0. The number of rotatable bonds is 1. The SMILES string of the molecule is Cc1ncc(-c2nc(Cl)c3ccc(F)cc3n2)s1. The highest BCUT2D eigenvalue weighted by molar-refractivity contribution is 7.14. The number of nitrogens with zero attached hydrogens (tertiary/aromatic N) is 3. The molecule has 0 radical (unpaired) electrons. The summed E-state index contributed by atoms with van der Waals surface area (Å²) in [6.07, 6.45) is 1.69. The zero-order valence-corrected chi connectivity index (χ0v) is 10.9. The molecule has 0 fully saturated rings. The minimum atomic E-state index is -0.344. The van der Waals surface area contributed by atoms with Gasteiger partial charge in [-0.1, -0.05) is 11.6 Å². The molecular weight excluding hydrogens is 273 g/mol. The van der Waals surface area contributed by atoms with E-state index in [1.54, 1.807) is 12.3 Å². The Kier molecular flexibility index (Phi) is 2.72. The third-order valence-corrected chi connectivity index (χ3v) is 3.65. The zero-order chi connectivity index (χ0) is 12.7. The van der Waals surface area contributed by atoms with Crippen LogP contribution in [-0.4, -0.2) is 15.0 Å². The molecule has 0 bridgehead atoms. The summed E-state index contributed by atoms with van der Waals surface area (Å²) in [4.78, 5) is 13.5. The number of aryl methyl sites for hydroxylation is 1. The fourth-order valence-corrected chi connectivity index (χ4v) is 2.59. The van der Waals surface area contributed by atoms with Gasteiger partial charge in [0, 0.05) is 17.6 Å². The van der Waals surface area contributed by atoms with E-state index < -0.39 is 0 Å². The van der Waals surface area contributed by atoms with Crippen LogP contribution < -0.4 is 0 Å². The van der Waals surface area contributed by atoms with Crippen molar-refractivity contribution >= 4 is 33.8 Å². The van der Waals surface area contributed by atoms with Crippen molar-refractivity contribution in [1.82, 2.24) is 15.0 Å². The summed E-state index contributed by atoms with van der Waals surface area (Å²) in [6, 6.07) is 4.27. The van der Waals surface area contributed by atoms with Crippen LogP contribution in [0.4, 0.5) is 4.39 Å². The molecule has 6 heteroatoms. The van der Waals surface area contributed by atoms with Crippen molar-refractivity contribution in [3.63, 3.8) is 0 Å². The van der Waals surface area contributed by atoms with E-state index in [0.717, 1.165) is 9.88 Å². The molecule has 0 saturated heterocycles. The maximum absolute atomic E-state index is 13.2. The van der Waals surface area contributed by atoms with Crippen molar-refractivity contribution in [2.45, 2.75) is 6.92 Å². The van der Waals surface area contributed by atoms with Crippen LogP contribution in [-0.2, 0) is 0 Å². The molecule has 2 heterocycles. The summed E-state index contributed by atoms with van der Waals surface area (Å²) in [5, 5.41) is 1.88. The van der Waals surface area contributed by atoms with Crippen molar-refractivity contribution in [3.8, 4) is 10.7 Å². The van der Waals surface area contributed by atoms with Crippen LogP contribution >= 0.6 is 22.9 Å². The van der Waals surface area contributed by atoms with Gasteiger partial charge in [0.2, 0.25) is 0 Å². The van der Waals surface area contributed by atoms with Gasteiger partial charge in [-0.2, -0.15) is 0 Å². The Morgan fingerprint density at radius 2 is 2.11 bits per heavy atom. The Morgan fingerprint density at radius 1 is 1.28 bits per heavy atom. The Balaban J connectivity index is 2.26. The first-order valence-electron chi connectivity index (χ1n) is 5.19. The van der Waals surface area contributed by atoms with E-state index in [2.05, 4.69) is 15.0 Å². The van der Waals surface area contributed by atoms with Gasteiger partial charge in [0.05, 0.1) is 15.4 Å². The predicted octanol–water partition coefficient (Wildman–Crippen LogP) is 3.85. The van der Waals surface area contributed by atoms with Crippen LogP contribution in [0, 0.1) is 12.7 Å². The van der Waals surface area contributed by atoms with Gasteiger partial charge < -0.3 is 0 Å². The maximum Gasteiger partial charge on any atom is 0.173 e. The van der Waals surface area contributed by atoms with Gasteiger partial charge in [0.15, 0.2) is 5.82 Å². The quantitative estimate of drug-likeness (QED) is 0.635. The first-order valence-corrected chi connectivity index (χ1v) is 6.38. The second kappa shape index (κ2) is 4.26. The van der Waals surface area contributed by atoms with Gasteiger partial charge in [-0.15, -0.1) is 11.3 Å². The maximum atomic E-state index is 13.2. The van der Waals surface area contributed by atoms with Crippen LogP contribution in [0.25, 0.3) is 21.6 Å². The average Bonchev–Trinajstić information content (AvgIpc) is 2.75. The van der Waals surface area contributed by atoms with Crippen LogP contribution in [0.1, 0.15) is 5.01 Å². The Labute approximate surface area is 111 Å². The third kappa shape index (κ3) is 1.95. The van der Waals surface area contributed by atoms with Gasteiger partial charge in [-0.25, -0.2) is 19.3 Å². The molecule has 18 heavy (non-hydrogen) atoms. The second-order valence-corrected chi connectivity index (χ2v) is 5.34. The molecule has 2 aromatic heterocycles. The van der Waals surface area contributed by atoms with E-state index in [-0.39, 0.29) is 5.82 Å². The van der Waals surface area contributed by atoms with Crippen LogP contribution in [0.2, 0.25) is 5.15 Å². The van der Waals surface area contributed by atoms with Gasteiger partial charge in [0.1, 0.15) is 11.0 Å². The highest BCUT2D eigenvalue weighted by atomic mass is 35.5. The molecular formula is C12H7ClFN3S. The van der Waals surface area contributed by atoms with Gasteiger partial charge in [0.25, 0.3) is 0 Å². The molecule has 90 valence electrons. The highest BCUT2D eigenvalue weighted by Crippen LogP contribution is 2.28. The van der Waals surface area contributed by atoms with Gasteiger partial charge in [-0.3, -0.25) is 0 Å². The van der Waals surface area contributed by atoms with Crippen molar-refractivity contribution in [3.05, 3.63) is 40.4 Å². The van der Waals surface area contributed by atoms with Crippen molar-refractivity contribution in [2.75, 3.05) is 0 Å². The van der Waals surface area contributed by atoms with E-state index in [1.807, 2.05) is 6.92 Å². The molecule has 0 amide bonds. The number of thiazole rings is 1. The van der Waals surface area contributed by atoms with E-state index in [1.165, 1.54) is 23.5 Å². The molecule has 3 rings (SSSR count). The molecule has 0 atom stereocenters. The molecule has 0 aliphatic heterocycles. The first kappa shape index (κ1) is 11.5. The van der Waals surface area contributed by atoms with Gasteiger partial charge in [-0.05, 0) is 19.1 Å². The Bertz CT molecular complexity index is 741. The summed E-state index contributed by atoms with van der Waals surface area (Å²) < 4.78 is 13.2. The second-order valence-electron chi connectivity index (χ2n) is 3.74. The molecule has 0 N–H and O–H groups in total. The molecule has 3 aromatic rings. The summed E-state index contributed by atoms with van der Waals surface area (Å²) in [7, 11) is 0. The summed E-state index contributed by atoms with van der Waals surface area (Å²) in [5.74, 6) is 0.132. The number of fused-ring (bicyclic) bond motifs is 1. The molecule has 0 unspecified atom stereocenters. The Morgan fingerprint density at radius 3 is 2.83 bits per heavy atom. The standard InChI is InChI=1S/C12H7ClFN3S/c1-6-15-5-10(18-6)12-16-9-4-7(14)2-3-8(9)11(13)17-12/h2-5H,1H3. The highest BCUT2D eigenvalue weighted by Gasteiger charge is 2.10. The number of benzene rings is 1. The molecule has 0 aliphatic rings. The molecule has 0 aliphatic carbocycles. The lowest BCUT2D eigenvalue weighted by Crippen LogP contribution is -1.91. The minimum absolute atomic E-state index is 0.320. The fourth-order valence-electron chi connectivity index (χ4n) is 1.64. The zero-order valence-electron chi connectivity index (χ0n) is 9.32. The third-order valence-electron chi connectivity index (χ3n) is 2.45. The number of hydrogen-bond acceptors (Lipinski definition) is 4. The van der Waals surface area contributed by atoms with Crippen molar-refractivity contribution in [1.29, 1.82) is 0 Å². The lowest BCUT2D eigenvalue weighted by molar-refractivity contribution is 0.629. The monoisotopic (exact) mass is 279 g/mol. The van der Waals surface area contributed by atoms with Crippen LogP contribution in [0.3, 0.4) is 0 Å². The van der Waals surface area contributed by atoms with E-state index in [4.69, 9.17) is 11.6 Å². The topological polar surface area (TPSA) is 38.7 Å². The molecule has 3 nitrogen and oxygen atoms in total. The molecule has 0 spiro atoms. The van der Waals surface area contributed by atoms with Crippen molar-refractivity contribution < 1.29 is 4.39 Å². The van der Waals surface area contributed by atoms with Gasteiger partial charge >= 0.3 is 0 Å². The van der Waals surface area contributed by atoms with E-state index >= 15 is 0 Å². The lowest BCUT2D eigenvalue weighted by Gasteiger charge is -2.02. The normalized spacial score (nSPS) is 11.1. The largest absolute Gasteiger partial charge is 0.249 e. The van der Waals surface area contributed by atoms with E-state index in [0.29, 0.717) is 21.9 Å². The van der Waals surface area contributed by atoms with Crippen LogP contribution in [0.5, 0.6) is 0 Å². The number of aromatic nitrogens is 3.